The maximum Gasteiger partial charge on any atom is 0.104 e. The molecule has 0 saturated heterocycles. The fraction of sp³-hybridized carbons (Fsp3) is 1.00. The van der Waals surface area contributed by atoms with Crippen molar-refractivity contribution in [3.63, 3.8) is 0 Å². The third-order valence-corrected chi connectivity index (χ3v) is 10.2. The van der Waals surface area contributed by atoms with E-state index >= 15 is 0 Å². The van der Waals surface area contributed by atoms with Crippen molar-refractivity contribution in [2.75, 3.05) is 192 Å². The van der Waals surface area contributed by atoms with Crippen molar-refractivity contribution in [3.05, 3.63) is 0 Å². The minimum Gasteiger partial charge on any atom is -0.394 e. The van der Waals surface area contributed by atoms with Gasteiger partial charge in [-0.05, 0) is 6.42 Å². The SMILES string of the molecule is CCC(O)COCC(COCC(O)CO)OCC(COC(COCC(O)CO)COCC(O)CO)OCC(C)COC(COC(COCC(O)CO)COCC(O)CO)COC(COCC(O)CO)COCC(O)CO. The molecule has 15 N–H and O–H groups in total. The highest BCUT2D eigenvalue weighted by molar-refractivity contribution is 4.70. The third kappa shape index (κ3) is 43.6. The van der Waals surface area contributed by atoms with Gasteiger partial charge in [-0.1, -0.05) is 13.8 Å². The molecule has 0 rings (SSSR count). The van der Waals surface area contributed by atoms with Gasteiger partial charge in [0.2, 0.25) is 0 Å². The van der Waals surface area contributed by atoms with Crippen LogP contribution in [0, 0.1) is 5.92 Å². The van der Waals surface area contributed by atoms with Gasteiger partial charge in [0.05, 0.1) is 198 Å². The number of ether oxygens (including phenoxy) is 14. The van der Waals surface area contributed by atoms with Gasteiger partial charge >= 0.3 is 0 Å². The zero-order valence-electron chi connectivity index (χ0n) is 44.3. The van der Waals surface area contributed by atoms with Gasteiger partial charge in [-0.3, -0.25) is 0 Å². The molecule has 0 saturated carbocycles. The van der Waals surface area contributed by atoms with Crippen LogP contribution in [0.15, 0.2) is 0 Å². The molecule has 0 spiro atoms. The molecule has 0 fully saturated rings. The van der Waals surface area contributed by atoms with Gasteiger partial charge in [0.15, 0.2) is 0 Å². The maximum absolute atomic E-state index is 10.1. The van der Waals surface area contributed by atoms with E-state index in [1.165, 1.54) is 0 Å². The molecule has 0 aromatic heterocycles. The van der Waals surface area contributed by atoms with Gasteiger partial charge in [-0.15, -0.1) is 0 Å². The molecule has 29 nitrogen and oxygen atoms in total. The van der Waals surface area contributed by atoms with Crippen LogP contribution in [0.1, 0.15) is 20.3 Å². The highest BCUT2D eigenvalue weighted by Gasteiger charge is 2.24. The first-order chi connectivity index (χ1) is 36.5. The smallest absolute Gasteiger partial charge is 0.104 e. The predicted molar refractivity (Wildman–Crippen MR) is 262 cm³/mol. The summed E-state index contributed by atoms with van der Waals surface area (Å²) in [4.78, 5) is 0. The van der Waals surface area contributed by atoms with Crippen molar-refractivity contribution in [1.82, 2.24) is 0 Å². The lowest BCUT2D eigenvalue weighted by molar-refractivity contribution is -0.151. The first-order valence-corrected chi connectivity index (χ1v) is 25.6. The molecule has 0 heterocycles. The molecule has 458 valence electrons. The van der Waals surface area contributed by atoms with Crippen LogP contribution >= 0.6 is 0 Å². The second-order valence-electron chi connectivity index (χ2n) is 18.1. The minimum atomic E-state index is -1.17. The first kappa shape index (κ1) is 74.8. The molecule has 0 aromatic rings. The van der Waals surface area contributed by atoms with Crippen LogP contribution < -0.4 is 0 Å². The molecule has 0 aliphatic carbocycles. The molecule has 0 aliphatic heterocycles. The summed E-state index contributed by atoms with van der Waals surface area (Å²) in [5.74, 6) is -0.379. The zero-order chi connectivity index (χ0) is 56.8. The zero-order valence-corrected chi connectivity index (χ0v) is 44.3. The molecular weight excluding hydrogens is 1030 g/mol. The first-order valence-electron chi connectivity index (χ1n) is 25.6. The van der Waals surface area contributed by atoms with E-state index in [-0.39, 0.29) is 151 Å². The molecule has 0 radical (unpaired) electrons. The Bertz CT molecular complexity index is 994. The lowest BCUT2D eigenvalue weighted by atomic mass is 10.2. The number of rotatable bonds is 58. The Morgan fingerprint density at radius 3 is 0.553 bits per heavy atom. The van der Waals surface area contributed by atoms with E-state index in [9.17, 15) is 76.6 Å². The molecule has 0 amide bonds. The highest BCUT2D eigenvalue weighted by Crippen LogP contribution is 2.12. The topological polar surface area (TPSA) is 433 Å². The van der Waals surface area contributed by atoms with Gasteiger partial charge in [0.1, 0.15) is 79.4 Å². The van der Waals surface area contributed by atoms with E-state index in [4.69, 9.17) is 66.3 Å². The van der Waals surface area contributed by atoms with Crippen molar-refractivity contribution < 1.29 is 143 Å². The number of hydrogen-bond acceptors (Lipinski definition) is 29. The van der Waals surface area contributed by atoms with E-state index in [0.29, 0.717) is 6.42 Å². The molecule has 11 unspecified atom stereocenters. The Hall–Kier alpha value is -1.16. The highest BCUT2D eigenvalue weighted by atomic mass is 16.6. The maximum atomic E-state index is 10.1. The van der Waals surface area contributed by atoms with Crippen molar-refractivity contribution >= 4 is 0 Å². The van der Waals surface area contributed by atoms with E-state index in [0.717, 1.165) is 0 Å². The van der Waals surface area contributed by atoms with Gasteiger partial charge in [-0.2, -0.15) is 0 Å². The molecule has 29 heteroatoms. The molecular formula is C47H96O29. The van der Waals surface area contributed by atoms with Crippen LogP contribution in [-0.4, -0.2) is 354 Å². The molecule has 0 bridgehead atoms. The standard InChI is InChI=1S/C47H96O29/c1-3-34(55)13-63-21-42(22-64-14-35(56)4-48)73-29-46(30-74-43(23-65-15-36(57)5-49)24-66-16-37(58)6-50)71-11-33(2)12-72-47(31-75-44(25-67-17-38(59)7-51)26-68-18-39(60)8-52)32-76-45(27-69-19-40(61)9-53)28-70-20-41(62)10-54/h33-62H,3-32H2,1-2H3. The molecule has 0 aromatic carbocycles. The van der Waals surface area contributed by atoms with Crippen LogP contribution in [0.4, 0.5) is 0 Å². The fourth-order valence-corrected chi connectivity index (χ4v) is 5.66. The van der Waals surface area contributed by atoms with Crippen LogP contribution in [0.25, 0.3) is 0 Å². The summed E-state index contributed by atoms with van der Waals surface area (Å²) < 4.78 is 81.6. The van der Waals surface area contributed by atoms with Crippen LogP contribution in [0.2, 0.25) is 0 Å². The summed E-state index contributed by atoms with van der Waals surface area (Å²) >= 11 is 0. The van der Waals surface area contributed by atoms with E-state index in [1.54, 1.807) is 6.92 Å². The molecule has 0 aliphatic rings. The van der Waals surface area contributed by atoms with Crippen LogP contribution in [0.5, 0.6) is 0 Å². The number of aliphatic hydroxyl groups excluding tert-OH is 15. The molecule has 76 heavy (non-hydrogen) atoms. The Morgan fingerprint density at radius 2 is 0.382 bits per heavy atom. The third-order valence-electron chi connectivity index (χ3n) is 10.2. The lowest BCUT2D eigenvalue weighted by Gasteiger charge is -2.28. The second kappa shape index (κ2) is 50.8. The fourth-order valence-electron chi connectivity index (χ4n) is 5.66. The van der Waals surface area contributed by atoms with Gasteiger partial charge in [0, 0.05) is 5.92 Å². The summed E-state index contributed by atoms with van der Waals surface area (Å²) in [6, 6.07) is 0. The van der Waals surface area contributed by atoms with Crippen LogP contribution in [-0.2, 0) is 66.3 Å². The van der Waals surface area contributed by atoms with Gasteiger partial charge < -0.3 is 143 Å². The van der Waals surface area contributed by atoms with Crippen molar-refractivity contribution in [2.24, 2.45) is 5.92 Å². The van der Waals surface area contributed by atoms with E-state index < -0.39 is 132 Å². The quantitative estimate of drug-likeness (QED) is 0.0269. The summed E-state index contributed by atoms with van der Waals surface area (Å²) in [7, 11) is 0. The average Bonchev–Trinajstić information content (AvgIpc) is 3.42. The Kier molecular flexibility index (Phi) is 50.0. The monoisotopic (exact) mass is 1120 g/mol. The van der Waals surface area contributed by atoms with Crippen LogP contribution in [0.3, 0.4) is 0 Å². The Labute approximate surface area is 445 Å². The summed E-state index contributed by atoms with van der Waals surface area (Å²) in [5, 5.41) is 144. The summed E-state index contributed by atoms with van der Waals surface area (Å²) in [6.45, 7) is -3.43. The van der Waals surface area contributed by atoms with Crippen molar-refractivity contribution in [3.8, 4) is 0 Å². The van der Waals surface area contributed by atoms with Gasteiger partial charge in [-0.25, -0.2) is 0 Å². The number of hydrogen-bond donors (Lipinski definition) is 15. The van der Waals surface area contributed by atoms with Crippen molar-refractivity contribution in [2.45, 2.75) is 106 Å². The average molecular weight is 1130 g/mol. The van der Waals surface area contributed by atoms with E-state index in [1.807, 2.05) is 6.92 Å². The minimum absolute atomic E-state index is 0.00234. The largest absolute Gasteiger partial charge is 0.394 e. The Morgan fingerprint density at radius 1 is 0.224 bits per heavy atom. The summed E-state index contributed by atoms with van der Waals surface area (Å²) in [6.07, 6.45) is -13.4. The van der Waals surface area contributed by atoms with E-state index in [2.05, 4.69) is 0 Å². The van der Waals surface area contributed by atoms with Crippen molar-refractivity contribution in [1.29, 1.82) is 0 Å². The van der Waals surface area contributed by atoms with Gasteiger partial charge in [0.25, 0.3) is 0 Å². The normalized spacial score (nSPS) is 18.3. The Balaban J connectivity index is 6.53. The molecule has 11 atom stereocenters. The number of aliphatic hydroxyl groups is 15. The lowest BCUT2D eigenvalue weighted by Crippen LogP contribution is -2.38. The predicted octanol–water partition coefficient (Wildman–Crippen LogP) is -7.69. The second-order valence-corrected chi connectivity index (χ2v) is 18.1. The summed E-state index contributed by atoms with van der Waals surface area (Å²) in [5.41, 5.74) is 0.